The minimum atomic E-state index is -0.491. The number of para-hydroxylation sites is 2. The molecule has 2 aliphatic rings. The predicted octanol–water partition coefficient (Wildman–Crippen LogP) is 19.9. The Labute approximate surface area is 449 Å². The topological polar surface area (TPSA) is 8.17 Å². The Bertz CT molecular complexity index is 4450. The summed E-state index contributed by atoms with van der Waals surface area (Å²) in [5.41, 5.74) is 27.3. The molecule has 1 heterocycles. The average molecular weight is 979 g/mol. The molecule has 0 aliphatic heterocycles. The van der Waals surface area contributed by atoms with E-state index in [0.29, 0.717) is 0 Å². The van der Waals surface area contributed by atoms with Crippen molar-refractivity contribution in [2.24, 2.45) is 0 Å². The van der Waals surface area contributed by atoms with Gasteiger partial charge in [-0.05, 0) is 180 Å². The van der Waals surface area contributed by atoms with E-state index in [2.05, 4.69) is 301 Å². The van der Waals surface area contributed by atoms with Crippen LogP contribution < -0.4 is 4.90 Å². The number of hydrogen-bond acceptors (Lipinski definition) is 1. The Balaban J connectivity index is 0.853. The zero-order valence-corrected chi connectivity index (χ0v) is 42.3. The molecule has 0 saturated carbocycles. The summed E-state index contributed by atoms with van der Waals surface area (Å²) in [6.07, 6.45) is 1.93. The number of rotatable bonds is 9. The fourth-order valence-electron chi connectivity index (χ4n) is 12.9. The van der Waals surface area contributed by atoms with Gasteiger partial charge in [0.1, 0.15) is 0 Å². The van der Waals surface area contributed by atoms with Crippen LogP contribution in [-0.2, 0) is 5.41 Å². The van der Waals surface area contributed by atoms with E-state index in [1.54, 1.807) is 0 Å². The summed E-state index contributed by atoms with van der Waals surface area (Å²) < 4.78 is 2.38. The van der Waals surface area contributed by atoms with Crippen LogP contribution in [0.3, 0.4) is 0 Å². The molecular weight excluding hydrogens is 929 g/mol. The molecule has 13 aromatic rings. The fraction of sp³-hybridized carbons (Fsp3) is 0.0133. The van der Waals surface area contributed by atoms with Gasteiger partial charge in [-0.1, -0.05) is 213 Å². The molecule has 1 spiro atoms. The van der Waals surface area contributed by atoms with Gasteiger partial charge in [0.15, 0.2) is 0 Å². The average Bonchev–Trinajstić information content (AvgIpc) is 4.33. The largest absolute Gasteiger partial charge is 0.310 e. The number of nitrogens with zero attached hydrogens (tertiary/aromatic N) is 2. The summed E-state index contributed by atoms with van der Waals surface area (Å²) in [7, 11) is 0. The molecule has 0 radical (unpaired) electrons. The Kier molecular flexibility index (Phi) is 10.3. The number of hydrogen-bond donors (Lipinski definition) is 0. The van der Waals surface area contributed by atoms with Crippen LogP contribution in [-0.4, -0.2) is 4.57 Å². The SMILES string of the molecule is C=Cc1cccc(-c2ccc3c(c2)C2(c4ccccc4-c4ccc(-c5ccc(N(c6cccc(-c7ccccc7)c6)c6cccc(-c7ccc8c(c7)c7ccccc7n8-c7ccccc7)c6)cc5)cc42)c2ccccc2-3)c1. The van der Waals surface area contributed by atoms with Gasteiger partial charge in [0.2, 0.25) is 0 Å². The first-order valence-corrected chi connectivity index (χ1v) is 26.6. The minimum Gasteiger partial charge on any atom is -0.310 e. The third-order valence-corrected chi connectivity index (χ3v) is 16.3. The number of fused-ring (bicyclic) bond motifs is 13. The molecular formula is C75H50N2. The van der Waals surface area contributed by atoms with E-state index in [1.165, 1.54) is 105 Å². The molecule has 12 aromatic carbocycles. The Morgan fingerprint density at radius 2 is 0.753 bits per heavy atom. The number of aromatic nitrogens is 1. The van der Waals surface area contributed by atoms with Crippen molar-refractivity contribution in [1.29, 1.82) is 0 Å². The van der Waals surface area contributed by atoms with E-state index < -0.39 is 5.41 Å². The summed E-state index contributed by atoms with van der Waals surface area (Å²) >= 11 is 0. The zero-order valence-electron chi connectivity index (χ0n) is 42.3. The van der Waals surface area contributed by atoms with Crippen molar-refractivity contribution in [3.63, 3.8) is 0 Å². The van der Waals surface area contributed by atoms with Crippen LogP contribution >= 0.6 is 0 Å². The van der Waals surface area contributed by atoms with Crippen LogP contribution in [0.2, 0.25) is 0 Å². The molecule has 0 bridgehead atoms. The van der Waals surface area contributed by atoms with Gasteiger partial charge in [-0.2, -0.15) is 0 Å². The van der Waals surface area contributed by atoms with Crippen molar-refractivity contribution in [3.05, 3.63) is 320 Å². The second kappa shape index (κ2) is 17.8. The lowest BCUT2D eigenvalue weighted by Crippen LogP contribution is -2.26. The van der Waals surface area contributed by atoms with Crippen LogP contribution in [0.15, 0.2) is 292 Å². The van der Waals surface area contributed by atoms with Crippen molar-refractivity contribution < 1.29 is 0 Å². The Morgan fingerprint density at radius 1 is 0.299 bits per heavy atom. The van der Waals surface area contributed by atoms with Gasteiger partial charge in [0, 0.05) is 33.5 Å². The summed E-state index contributed by atoms with van der Waals surface area (Å²) in [6, 6.07) is 105. The number of benzene rings is 12. The molecule has 0 amide bonds. The molecule has 2 nitrogen and oxygen atoms in total. The van der Waals surface area contributed by atoms with E-state index in [0.717, 1.165) is 33.9 Å². The van der Waals surface area contributed by atoms with E-state index in [9.17, 15) is 0 Å². The highest BCUT2D eigenvalue weighted by Crippen LogP contribution is 2.63. The van der Waals surface area contributed by atoms with Gasteiger partial charge >= 0.3 is 0 Å². The predicted molar refractivity (Wildman–Crippen MR) is 324 cm³/mol. The van der Waals surface area contributed by atoms with Crippen LogP contribution in [0.5, 0.6) is 0 Å². The van der Waals surface area contributed by atoms with E-state index in [-0.39, 0.29) is 0 Å². The molecule has 2 heteroatoms. The highest BCUT2D eigenvalue weighted by molar-refractivity contribution is 6.10. The maximum Gasteiger partial charge on any atom is 0.0725 e. The van der Waals surface area contributed by atoms with Crippen LogP contribution in [0.4, 0.5) is 17.1 Å². The smallest absolute Gasteiger partial charge is 0.0725 e. The van der Waals surface area contributed by atoms with Crippen molar-refractivity contribution >= 4 is 44.9 Å². The van der Waals surface area contributed by atoms with Crippen LogP contribution in [0, 0.1) is 0 Å². The zero-order chi connectivity index (χ0) is 51.0. The highest BCUT2D eigenvalue weighted by Gasteiger charge is 2.51. The highest BCUT2D eigenvalue weighted by atomic mass is 15.1. The maximum atomic E-state index is 4.08. The van der Waals surface area contributed by atoms with Gasteiger partial charge in [-0.25, -0.2) is 0 Å². The van der Waals surface area contributed by atoms with Crippen molar-refractivity contribution in [2.45, 2.75) is 5.41 Å². The standard InChI is InChI=1S/C75H50N2/c1-2-50-18-15-21-53(44-50)58-37-42-66-64-29-10-13-32-70(64)75(72(66)49-58)69-31-12-9-28-63(69)65-41-36-57(48-71(65)75)52-34-39-60(40-35-52)76(61-26-16-22-54(45-61)51-19-5-3-6-20-51)62-27-17-23-55(46-62)56-38-43-74-68(47-56)67-30-11-14-33-73(67)77(74)59-24-7-4-8-25-59/h2-49H,1H2. The maximum absolute atomic E-state index is 4.08. The summed E-state index contributed by atoms with van der Waals surface area (Å²) in [5.74, 6) is 0. The normalized spacial score (nSPS) is 13.8. The first kappa shape index (κ1) is 44.5. The van der Waals surface area contributed by atoms with Crippen LogP contribution in [0.1, 0.15) is 27.8 Å². The molecule has 2 aliphatic carbocycles. The molecule has 15 rings (SSSR count). The monoisotopic (exact) mass is 978 g/mol. The minimum absolute atomic E-state index is 0.491. The Hall–Kier alpha value is -10.0. The summed E-state index contributed by atoms with van der Waals surface area (Å²) in [4.78, 5) is 2.41. The molecule has 0 saturated heterocycles. The lowest BCUT2D eigenvalue weighted by atomic mass is 9.70. The lowest BCUT2D eigenvalue weighted by Gasteiger charge is -2.31. The number of anilines is 3. The first-order chi connectivity index (χ1) is 38.1. The van der Waals surface area contributed by atoms with Gasteiger partial charge in [-0.3, -0.25) is 0 Å². The first-order valence-electron chi connectivity index (χ1n) is 26.6. The van der Waals surface area contributed by atoms with E-state index in [4.69, 9.17) is 0 Å². The molecule has 77 heavy (non-hydrogen) atoms. The molecule has 1 unspecified atom stereocenters. The van der Waals surface area contributed by atoms with Gasteiger partial charge in [0.25, 0.3) is 0 Å². The van der Waals surface area contributed by atoms with Crippen LogP contribution in [0.25, 0.3) is 100 Å². The second-order valence-corrected chi connectivity index (χ2v) is 20.5. The van der Waals surface area contributed by atoms with Crippen molar-refractivity contribution in [2.75, 3.05) is 4.90 Å². The molecule has 1 aromatic heterocycles. The van der Waals surface area contributed by atoms with Gasteiger partial charge in [0.05, 0.1) is 16.4 Å². The fourth-order valence-corrected chi connectivity index (χ4v) is 12.9. The van der Waals surface area contributed by atoms with Gasteiger partial charge < -0.3 is 9.47 Å². The summed E-state index contributed by atoms with van der Waals surface area (Å²) in [5, 5.41) is 2.47. The molecule has 360 valence electrons. The molecule has 1 atom stereocenters. The molecule has 0 fully saturated rings. The third kappa shape index (κ3) is 7.03. The lowest BCUT2D eigenvalue weighted by molar-refractivity contribution is 0.794. The third-order valence-electron chi connectivity index (χ3n) is 16.3. The molecule has 0 N–H and O–H groups in total. The van der Waals surface area contributed by atoms with Crippen molar-refractivity contribution in [3.8, 4) is 72.4 Å². The second-order valence-electron chi connectivity index (χ2n) is 20.5. The van der Waals surface area contributed by atoms with Crippen molar-refractivity contribution in [1.82, 2.24) is 4.57 Å². The summed E-state index contributed by atoms with van der Waals surface area (Å²) in [6.45, 7) is 4.08. The Morgan fingerprint density at radius 3 is 1.42 bits per heavy atom. The van der Waals surface area contributed by atoms with Gasteiger partial charge in [-0.15, -0.1) is 0 Å². The quantitative estimate of drug-likeness (QED) is 0.140. The van der Waals surface area contributed by atoms with E-state index in [1.807, 2.05) is 6.08 Å². The van der Waals surface area contributed by atoms with E-state index >= 15 is 0 Å².